The molecule has 0 amide bonds. The lowest BCUT2D eigenvalue weighted by Gasteiger charge is -2.13. The second-order valence-corrected chi connectivity index (χ2v) is 3.89. The van der Waals surface area contributed by atoms with E-state index in [1.807, 2.05) is 0 Å². The standard InChI is InChI=1S/C11H15N3O2/c12-11(14-15)10-7-9(5-6-13-10)16-8-3-1-2-4-8/h5-8,15H,1-4H2,(H2,12,14). The van der Waals surface area contributed by atoms with Gasteiger partial charge in [-0.25, -0.2) is 0 Å². The van der Waals surface area contributed by atoms with E-state index in [1.54, 1.807) is 18.3 Å². The van der Waals surface area contributed by atoms with Crippen LogP contribution in [0.3, 0.4) is 0 Å². The summed E-state index contributed by atoms with van der Waals surface area (Å²) in [5.74, 6) is 0.723. The lowest BCUT2D eigenvalue weighted by molar-refractivity contribution is 0.210. The number of pyridine rings is 1. The molecular formula is C11H15N3O2. The number of aromatic nitrogens is 1. The van der Waals surface area contributed by atoms with Gasteiger partial charge in [0.05, 0.1) is 6.10 Å². The van der Waals surface area contributed by atoms with E-state index in [4.69, 9.17) is 15.7 Å². The second kappa shape index (κ2) is 4.83. The smallest absolute Gasteiger partial charge is 0.188 e. The van der Waals surface area contributed by atoms with Gasteiger partial charge in [-0.2, -0.15) is 0 Å². The van der Waals surface area contributed by atoms with Crippen LogP contribution in [0.5, 0.6) is 5.75 Å². The summed E-state index contributed by atoms with van der Waals surface area (Å²) in [5, 5.41) is 11.5. The van der Waals surface area contributed by atoms with E-state index in [9.17, 15) is 0 Å². The number of oxime groups is 1. The van der Waals surface area contributed by atoms with Crippen LogP contribution in [0.25, 0.3) is 0 Å². The van der Waals surface area contributed by atoms with Gasteiger partial charge in [0.15, 0.2) is 5.84 Å². The van der Waals surface area contributed by atoms with Gasteiger partial charge in [0, 0.05) is 12.3 Å². The Labute approximate surface area is 93.9 Å². The van der Waals surface area contributed by atoms with Crippen LogP contribution in [0.1, 0.15) is 31.4 Å². The van der Waals surface area contributed by atoms with Crippen LogP contribution in [-0.4, -0.2) is 22.1 Å². The van der Waals surface area contributed by atoms with Crippen LogP contribution in [0.4, 0.5) is 0 Å². The first-order valence-electron chi connectivity index (χ1n) is 5.40. The first-order valence-corrected chi connectivity index (χ1v) is 5.40. The molecule has 5 heteroatoms. The monoisotopic (exact) mass is 221 g/mol. The molecule has 1 aromatic heterocycles. The van der Waals surface area contributed by atoms with Crippen molar-refractivity contribution in [1.29, 1.82) is 0 Å². The molecule has 0 aromatic carbocycles. The van der Waals surface area contributed by atoms with Crippen LogP contribution < -0.4 is 10.5 Å². The maximum absolute atomic E-state index is 8.55. The summed E-state index contributed by atoms with van der Waals surface area (Å²) in [4.78, 5) is 3.99. The molecular weight excluding hydrogens is 206 g/mol. The highest BCUT2D eigenvalue weighted by molar-refractivity contribution is 5.95. The van der Waals surface area contributed by atoms with Gasteiger partial charge in [0.25, 0.3) is 0 Å². The van der Waals surface area contributed by atoms with Gasteiger partial charge in [-0.15, -0.1) is 0 Å². The fraction of sp³-hybridized carbons (Fsp3) is 0.455. The van der Waals surface area contributed by atoms with E-state index in [2.05, 4.69) is 10.1 Å². The van der Waals surface area contributed by atoms with Gasteiger partial charge >= 0.3 is 0 Å². The summed E-state index contributed by atoms with van der Waals surface area (Å²) < 4.78 is 5.78. The van der Waals surface area contributed by atoms with Crippen molar-refractivity contribution in [2.75, 3.05) is 0 Å². The molecule has 1 saturated carbocycles. The summed E-state index contributed by atoms with van der Waals surface area (Å²) in [7, 11) is 0. The Morgan fingerprint density at radius 2 is 2.25 bits per heavy atom. The Kier molecular flexibility index (Phi) is 3.24. The molecule has 1 aliphatic rings. The zero-order valence-electron chi connectivity index (χ0n) is 8.97. The summed E-state index contributed by atoms with van der Waals surface area (Å²) in [6, 6.07) is 3.47. The highest BCUT2D eigenvalue weighted by Crippen LogP contribution is 2.23. The van der Waals surface area contributed by atoms with E-state index < -0.39 is 0 Å². The number of nitrogens with two attached hydrogens (primary N) is 1. The van der Waals surface area contributed by atoms with Crippen LogP contribution in [0, 0.1) is 0 Å². The molecule has 3 N–H and O–H groups in total. The predicted molar refractivity (Wildman–Crippen MR) is 59.6 cm³/mol. The van der Waals surface area contributed by atoms with Crippen molar-refractivity contribution < 1.29 is 9.94 Å². The zero-order chi connectivity index (χ0) is 11.4. The third-order valence-corrected chi connectivity index (χ3v) is 2.71. The largest absolute Gasteiger partial charge is 0.490 e. The van der Waals surface area contributed by atoms with Crippen molar-refractivity contribution in [3.8, 4) is 5.75 Å². The van der Waals surface area contributed by atoms with Crippen molar-refractivity contribution in [2.24, 2.45) is 10.9 Å². The van der Waals surface area contributed by atoms with Crippen molar-refractivity contribution in [3.05, 3.63) is 24.0 Å². The lowest BCUT2D eigenvalue weighted by atomic mass is 10.3. The molecule has 2 rings (SSSR count). The number of nitrogens with zero attached hydrogens (tertiary/aromatic N) is 2. The van der Waals surface area contributed by atoms with Crippen molar-refractivity contribution in [3.63, 3.8) is 0 Å². The topological polar surface area (TPSA) is 80.7 Å². The molecule has 0 atom stereocenters. The average Bonchev–Trinajstić information content (AvgIpc) is 2.81. The minimum atomic E-state index is -0.00290. The molecule has 5 nitrogen and oxygen atoms in total. The minimum Gasteiger partial charge on any atom is -0.490 e. The minimum absolute atomic E-state index is 0.00290. The molecule has 16 heavy (non-hydrogen) atoms. The Bertz CT molecular complexity index is 387. The lowest BCUT2D eigenvalue weighted by Crippen LogP contribution is -2.16. The van der Waals surface area contributed by atoms with Crippen LogP contribution in [0.2, 0.25) is 0 Å². The van der Waals surface area contributed by atoms with Crippen molar-refractivity contribution in [2.45, 2.75) is 31.8 Å². The van der Waals surface area contributed by atoms with Gasteiger partial charge in [0.2, 0.25) is 0 Å². The number of rotatable bonds is 3. The van der Waals surface area contributed by atoms with E-state index >= 15 is 0 Å². The number of hydrogen-bond donors (Lipinski definition) is 2. The Balaban J connectivity index is 2.09. The van der Waals surface area contributed by atoms with Gasteiger partial charge in [0.1, 0.15) is 11.4 Å². The summed E-state index contributed by atoms with van der Waals surface area (Å²) in [5.41, 5.74) is 5.88. The van der Waals surface area contributed by atoms with Gasteiger partial charge < -0.3 is 15.7 Å². The molecule has 0 unspecified atom stereocenters. The third-order valence-electron chi connectivity index (χ3n) is 2.71. The van der Waals surface area contributed by atoms with Crippen LogP contribution in [0.15, 0.2) is 23.5 Å². The van der Waals surface area contributed by atoms with Gasteiger partial charge in [-0.3, -0.25) is 4.98 Å². The molecule has 0 spiro atoms. The molecule has 1 aliphatic carbocycles. The summed E-state index contributed by atoms with van der Waals surface area (Å²) in [6.07, 6.45) is 6.54. The first kappa shape index (κ1) is 10.7. The molecule has 1 heterocycles. The Morgan fingerprint density at radius 1 is 1.50 bits per heavy atom. The quantitative estimate of drug-likeness (QED) is 0.351. The SMILES string of the molecule is NC(=NO)c1cc(OC2CCCC2)ccn1. The Morgan fingerprint density at radius 3 is 2.94 bits per heavy atom. The summed E-state index contributed by atoms with van der Waals surface area (Å²) >= 11 is 0. The molecule has 86 valence electrons. The highest BCUT2D eigenvalue weighted by atomic mass is 16.5. The van der Waals surface area contributed by atoms with Crippen molar-refractivity contribution >= 4 is 5.84 Å². The Hall–Kier alpha value is -1.78. The maximum Gasteiger partial charge on any atom is 0.188 e. The van der Waals surface area contributed by atoms with E-state index in [-0.39, 0.29) is 5.84 Å². The van der Waals surface area contributed by atoms with E-state index in [0.29, 0.717) is 11.8 Å². The van der Waals surface area contributed by atoms with Gasteiger partial charge in [-0.1, -0.05) is 5.16 Å². The first-order chi connectivity index (χ1) is 7.79. The van der Waals surface area contributed by atoms with E-state index in [1.165, 1.54) is 12.8 Å². The molecule has 0 aliphatic heterocycles. The molecule has 0 radical (unpaired) electrons. The fourth-order valence-electron chi connectivity index (χ4n) is 1.87. The second-order valence-electron chi connectivity index (χ2n) is 3.89. The van der Waals surface area contributed by atoms with Crippen LogP contribution >= 0.6 is 0 Å². The number of hydrogen-bond acceptors (Lipinski definition) is 4. The highest BCUT2D eigenvalue weighted by Gasteiger charge is 2.16. The zero-order valence-corrected chi connectivity index (χ0v) is 8.97. The number of amidine groups is 1. The van der Waals surface area contributed by atoms with Crippen LogP contribution in [-0.2, 0) is 0 Å². The fourth-order valence-corrected chi connectivity index (χ4v) is 1.87. The van der Waals surface area contributed by atoms with E-state index in [0.717, 1.165) is 18.6 Å². The molecule has 0 bridgehead atoms. The molecule has 1 fully saturated rings. The third kappa shape index (κ3) is 2.42. The molecule has 1 aromatic rings. The maximum atomic E-state index is 8.55. The predicted octanol–water partition coefficient (Wildman–Crippen LogP) is 1.50. The number of ether oxygens (including phenoxy) is 1. The normalized spacial score (nSPS) is 17.6. The van der Waals surface area contributed by atoms with Gasteiger partial charge in [-0.05, 0) is 31.7 Å². The molecule has 0 saturated heterocycles. The van der Waals surface area contributed by atoms with Crippen molar-refractivity contribution in [1.82, 2.24) is 4.98 Å². The summed E-state index contributed by atoms with van der Waals surface area (Å²) in [6.45, 7) is 0. The average molecular weight is 221 g/mol.